The van der Waals surface area contributed by atoms with Gasteiger partial charge in [0.2, 0.25) is 0 Å². The third-order valence-electron chi connectivity index (χ3n) is 4.38. The van der Waals surface area contributed by atoms with Crippen molar-refractivity contribution in [3.63, 3.8) is 0 Å². The van der Waals surface area contributed by atoms with Crippen LogP contribution in [0.3, 0.4) is 0 Å². The van der Waals surface area contributed by atoms with Crippen LogP contribution in [-0.4, -0.2) is 22.4 Å². The molecule has 4 rings (SSSR count). The summed E-state index contributed by atoms with van der Waals surface area (Å²) in [4.78, 5) is 12.4. The van der Waals surface area contributed by atoms with Crippen molar-refractivity contribution in [2.45, 2.75) is 19.0 Å². The van der Waals surface area contributed by atoms with E-state index in [1.807, 2.05) is 65.5 Å². The maximum absolute atomic E-state index is 12.4. The van der Waals surface area contributed by atoms with Crippen LogP contribution >= 0.6 is 0 Å². The summed E-state index contributed by atoms with van der Waals surface area (Å²) in [5.41, 5.74) is 2.90. The maximum atomic E-state index is 12.4. The fraction of sp³-hybridized carbons (Fsp3) is 0.200. The number of ether oxygens (including phenoxy) is 1. The van der Waals surface area contributed by atoms with Gasteiger partial charge in [-0.3, -0.25) is 4.68 Å². The third kappa shape index (κ3) is 3.69. The molecular weight excluding hydrogens is 328 g/mol. The lowest BCUT2D eigenvalue weighted by Crippen LogP contribution is -2.35. The Hall–Kier alpha value is -3.28. The first kappa shape index (κ1) is 16.2. The highest BCUT2D eigenvalue weighted by Crippen LogP contribution is 2.31. The fourth-order valence-electron chi connectivity index (χ4n) is 3.09. The molecule has 1 atom stereocenters. The summed E-state index contributed by atoms with van der Waals surface area (Å²) in [7, 11) is 0. The molecule has 2 heterocycles. The van der Waals surface area contributed by atoms with Crippen molar-refractivity contribution >= 4 is 11.7 Å². The van der Waals surface area contributed by atoms with E-state index in [0.29, 0.717) is 13.2 Å². The summed E-state index contributed by atoms with van der Waals surface area (Å²) >= 11 is 0. The van der Waals surface area contributed by atoms with Gasteiger partial charge < -0.3 is 15.4 Å². The lowest BCUT2D eigenvalue weighted by Gasteiger charge is -2.26. The molecule has 0 radical (unpaired) electrons. The second-order valence-electron chi connectivity index (χ2n) is 6.23. The van der Waals surface area contributed by atoms with E-state index in [9.17, 15) is 4.79 Å². The van der Waals surface area contributed by atoms with E-state index in [2.05, 4.69) is 15.7 Å². The van der Waals surface area contributed by atoms with Gasteiger partial charge in [-0.05, 0) is 29.8 Å². The van der Waals surface area contributed by atoms with Crippen LogP contribution in [0, 0.1) is 0 Å². The number of nitrogens with zero attached hydrogens (tertiary/aromatic N) is 2. The Morgan fingerprint density at radius 2 is 2.00 bits per heavy atom. The molecule has 26 heavy (non-hydrogen) atoms. The molecule has 1 aliphatic heterocycles. The quantitative estimate of drug-likeness (QED) is 0.757. The van der Waals surface area contributed by atoms with Gasteiger partial charge in [0, 0.05) is 30.1 Å². The molecule has 132 valence electrons. The smallest absolute Gasteiger partial charge is 0.319 e. The number of rotatable bonds is 4. The summed E-state index contributed by atoms with van der Waals surface area (Å²) in [5, 5.41) is 10.1. The Balaban J connectivity index is 1.36. The molecule has 6 heteroatoms. The number of fused-ring (bicyclic) bond motifs is 1. The number of hydrogen-bond acceptors (Lipinski definition) is 3. The highest BCUT2D eigenvalue weighted by molar-refractivity contribution is 5.89. The minimum atomic E-state index is -0.216. The largest absolute Gasteiger partial charge is 0.493 e. The molecule has 0 saturated carbocycles. The number of hydrogen-bond donors (Lipinski definition) is 2. The first-order valence-electron chi connectivity index (χ1n) is 8.63. The van der Waals surface area contributed by atoms with Gasteiger partial charge in [0.1, 0.15) is 5.75 Å². The van der Waals surface area contributed by atoms with Gasteiger partial charge in [-0.25, -0.2) is 4.79 Å². The molecule has 2 N–H and O–H groups in total. The normalized spacial score (nSPS) is 15.6. The van der Waals surface area contributed by atoms with Crippen molar-refractivity contribution in [1.82, 2.24) is 15.1 Å². The number of anilines is 1. The lowest BCUT2D eigenvalue weighted by molar-refractivity contribution is 0.232. The van der Waals surface area contributed by atoms with Crippen LogP contribution in [0.25, 0.3) is 0 Å². The monoisotopic (exact) mass is 348 g/mol. The van der Waals surface area contributed by atoms with E-state index in [-0.39, 0.29) is 12.1 Å². The second-order valence-corrected chi connectivity index (χ2v) is 6.23. The predicted molar refractivity (Wildman–Crippen MR) is 99.2 cm³/mol. The maximum Gasteiger partial charge on any atom is 0.319 e. The molecule has 0 unspecified atom stereocenters. The van der Waals surface area contributed by atoms with E-state index < -0.39 is 0 Å². The van der Waals surface area contributed by atoms with Crippen LogP contribution in [0.2, 0.25) is 0 Å². The Kier molecular flexibility index (Phi) is 4.55. The van der Waals surface area contributed by atoms with Gasteiger partial charge in [-0.2, -0.15) is 5.10 Å². The summed E-state index contributed by atoms with van der Waals surface area (Å²) < 4.78 is 7.49. The Labute approximate surface area is 151 Å². The Morgan fingerprint density at radius 1 is 1.15 bits per heavy atom. The second kappa shape index (κ2) is 7.31. The molecule has 0 saturated heterocycles. The molecule has 6 nitrogen and oxygen atoms in total. The Bertz CT molecular complexity index is 875. The van der Waals surface area contributed by atoms with E-state index >= 15 is 0 Å². The number of benzene rings is 2. The van der Waals surface area contributed by atoms with Gasteiger partial charge in [0.05, 0.1) is 19.2 Å². The van der Waals surface area contributed by atoms with Crippen molar-refractivity contribution in [1.29, 1.82) is 0 Å². The fourth-order valence-corrected chi connectivity index (χ4v) is 3.09. The minimum absolute atomic E-state index is 0.0426. The SMILES string of the molecule is O=C(Nc1ccc(Cn2cccn2)cc1)N[C@@H]1CCOc2ccccc21. The zero-order valence-electron chi connectivity index (χ0n) is 14.3. The van der Waals surface area contributed by atoms with Gasteiger partial charge in [-0.15, -0.1) is 0 Å². The molecule has 0 spiro atoms. The van der Waals surface area contributed by atoms with Crippen LogP contribution in [-0.2, 0) is 6.54 Å². The molecule has 1 aromatic heterocycles. The molecule has 0 aliphatic carbocycles. The summed E-state index contributed by atoms with van der Waals surface area (Å²) in [6.07, 6.45) is 4.44. The highest BCUT2D eigenvalue weighted by atomic mass is 16.5. The van der Waals surface area contributed by atoms with Crippen LogP contribution in [0.15, 0.2) is 67.0 Å². The highest BCUT2D eigenvalue weighted by Gasteiger charge is 2.22. The van der Waals surface area contributed by atoms with Crippen LogP contribution in [0.5, 0.6) is 5.75 Å². The molecular formula is C20H20N4O2. The summed E-state index contributed by atoms with van der Waals surface area (Å²) in [5.74, 6) is 0.840. The van der Waals surface area contributed by atoms with Crippen LogP contribution < -0.4 is 15.4 Å². The summed E-state index contributed by atoms with van der Waals surface area (Å²) in [6.45, 7) is 1.31. The van der Waals surface area contributed by atoms with Crippen molar-refractivity contribution in [2.75, 3.05) is 11.9 Å². The van der Waals surface area contributed by atoms with Gasteiger partial charge in [-0.1, -0.05) is 30.3 Å². The topological polar surface area (TPSA) is 68.2 Å². The number of amides is 2. The molecule has 0 fully saturated rings. The standard InChI is InChI=1S/C20H20N4O2/c25-20(23-18-10-13-26-19-5-2-1-4-17(18)19)22-16-8-6-15(7-9-16)14-24-12-3-11-21-24/h1-9,11-12,18H,10,13-14H2,(H2,22,23,25)/t18-/m1/s1. The first-order valence-corrected chi connectivity index (χ1v) is 8.63. The number of carbonyl (C=O) groups excluding carboxylic acids is 1. The number of aromatic nitrogens is 2. The first-order chi connectivity index (χ1) is 12.8. The van der Waals surface area contributed by atoms with Crippen molar-refractivity contribution < 1.29 is 9.53 Å². The van der Waals surface area contributed by atoms with E-state index in [4.69, 9.17) is 4.74 Å². The van der Waals surface area contributed by atoms with Crippen LogP contribution in [0.1, 0.15) is 23.6 Å². The van der Waals surface area contributed by atoms with Gasteiger partial charge in [0.15, 0.2) is 0 Å². The zero-order chi connectivity index (χ0) is 17.8. The summed E-state index contributed by atoms with van der Waals surface area (Å²) in [6, 6.07) is 17.2. The average Bonchev–Trinajstić information content (AvgIpc) is 3.17. The molecule has 0 bridgehead atoms. The number of carbonyl (C=O) groups is 1. The molecule has 3 aromatic rings. The predicted octanol–water partition coefficient (Wildman–Crippen LogP) is 3.58. The molecule has 2 amide bonds. The lowest BCUT2D eigenvalue weighted by atomic mass is 10.0. The van der Waals surface area contributed by atoms with Crippen molar-refractivity contribution in [3.8, 4) is 5.75 Å². The Morgan fingerprint density at radius 3 is 2.81 bits per heavy atom. The van der Waals surface area contributed by atoms with Crippen LogP contribution in [0.4, 0.5) is 10.5 Å². The molecule has 1 aliphatic rings. The minimum Gasteiger partial charge on any atom is -0.493 e. The zero-order valence-corrected chi connectivity index (χ0v) is 14.3. The number of nitrogens with one attached hydrogen (secondary N) is 2. The van der Waals surface area contributed by atoms with E-state index in [1.165, 1.54) is 0 Å². The number of urea groups is 1. The third-order valence-corrected chi connectivity index (χ3v) is 4.38. The molecule has 2 aromatic carbocycles. The van der Waals surface area contributed by atoms with Crippen molar-refractivity contribution in [3.05, 3.63) is 78.1 Å². The van der Waals surface area contributed by atoms with Crippen molar-refractivity contribution in [2.24, 2.45) is 0 Å². The number of para-hydroxylation sites is 1. The van der Waals surface area contributed by atoms with Gasteiger partial charge in [0.25, 0.3) is 0 Å². The van der Waals surface area contributed by atoms with Gasteiger partial charge >= 0.3 is 6.03 Å². The van der Waals surface area contributed by atoms with E-state index in [0.717, 1.165) is 29.0 Å². The average molecular weight is 348 g/mol. The van der Waals surface area contributed by atoms with E-state index in [1.54, 1.807) is 6.20 Å².